The number of rotatable bonds is 6. The quantitative estimate of drug-likeness (QED) is 0.750. The monoisotopic (exact) mass is 282 g/mol. The molecule has 0 spiro atoms. The first-order chi connectivity index (χ1) is 9.36. The molecule has 0 aromatic heterocycles. The summed E-state index contributed by atoms with van der Waals surface area (Å²) < 4.78 is 13.1. The summed E-state index contributed by atoms with van der Waals surface area (Å²) in [6.45, 7) is 3.96. The van der Waals surface area contributed by atoms with E-state index in [2.05, 4.69) is 10.6 Å². The van der Waals surface area contributed by atoms with E-state index in [0.29, 0.717) is 18.7 Å². The number of benzene rings is 1. The third-order valence-electron chi connectivity index (χ3n) is 2.76. The standard InChI is InChI=1S/C14H19FN2O3/c1-9(3-4-13(18)19)8-16-14(20)17-12-6-10(2)5-11(15)7-12/h5-7,9H,3-4,8H2,1-2H3,(H,18,19)(H2,16,17,20). The lowest BCUT2D eigenvalue weighted by Gasteiger charge is -2.12. The molecule has 2 amide bonds. The minimum absolute atomic E-state index is 0.0612. The second-order valence-corrected chi connectivity index (χ2v) is 4.89. The molecule has 20 heavy (non-hydrogen) atoms. The Labute approximate surface area is 117 Å². The van der Waals surface area contributed by atoms with Crippen LogP contribution in [0.3, 0.4) is 0 Å². The first-order valence-corrected chi connectivity index (χ1v) is 6.40. The molecule has 0 fully saturated rings. The van der Waals surface area contributed by atoms with Crippen LogP contribution in [0.5, 0.6) is 0 Å². The van der Waals surface area contributed by atoms with Gasteiger partial charge in [0.1, 0.15) is 5.82 Å². The zero-order chi connectivity index (χ0) is 15.1. The van der Waals surface area contributed by atoms with Crippen molar-refractivity contribution in [2.75, 3.05) is 11.9 Å². The van der Waals surface area contributed by atoms with Crippen LogP contribution >= 0.6 is 0 Å². The smallest absolute Gasteiger partial charge is 0.319 e. The maximum Gasteiger partial charge on any atom is 0.319 e. The fourth-order valence-corrected chi connectivity index (χ4v) is 1.72. The number of hydrogen-bond donors (Lipinski definition) is 3. The molecule has 1 rings (SSSR count). The average molecular weight is 282 g/mol. The van der Waals surface area contributed by atoms with E-state index in [0.717, 1.165) is 5.56 Å². The van der Waals surface area contributed by atoms with Crippen molar-refractivity contribution >= 4 is 17.7 Å². The number of nitrogens with one attached hydrogen (secondary N) is 2. The second-order valence-electron chi connectivity index (χ2n) is 4.89. The molecule has 1 unspecified atom stereocenters. The van der Waals surface area contributed by atoms with Gasteiger partial charge in [0.15, 0.2) is 0 Å². The Morgan fingerprint density at radius 2 is 2.05 bits per heavy atom. The predicted octanol–water partition coefficient (Wildman–Crippen LogP) is 2.76. The van der Waals surface area contributed by atoms with Crippen LogP contribution < -0.4 is 10.6 Å². The average Bonchev–Trinajstić information content (AvgIpc) is 2.32. The highest BCUT2D eigenvalue weighted by atomic mass is 19.1. The number of aliphatic carboxylic acids is 1. The molecule has 0 saturated heterocycles. The van der Waals surface area contributed by atoms with Crippen molar-refractivity contribution in [2.45, 2.75) is 26.7 Å². The third-order valence-corrected chi connectivity index (χ3v) is 2.76. The minimum Gasteiger partial charge on any atom is -0.481 e. The van der Waals surface area contributed by atoms with Crippen LogP contribution in [-0.2, 0) is 4.79 Å². The van der Waals surface area contributed by atoms with Crippen LogP contribution in [-0.4, -0.2) is 23.7 Å². The molecule has 6 heteroatoms. The van der Waals surface area contributed by atoms with Gasteiger partial charge in [-0.05, 0) is 43.0 Å². The molecule has 1 aromatic carbocycles. The van der Waals surface area contributed by atoms with Gasteiger partial charge in [-0.2, -0.15) is 0 Å². The van der Waals surface area contributed by atoms with Gasteiger partial charge >= 0.3 is 12.0 Å². The molecule has 5 nitrogen and oxygen atoms in total. The predicted molar refractivity (Wildman–Crippen MR) is 74.2 cm³/mol. The molecule has 0 radical (unpaired) electrons. The molecule has 0 aliphatic heterocycles. The number of carboxylic acid groups (broad SMARTS) is 1. The Morgan fingerprint density at radius 3 is 2.65 bits per heavy atom. The van der Waals surface area contributed by atoms with Gasteiger partial charge in [-0.25, -0.2) is 9.18 Å². The normalized spacial score (nSPS) is 11.8. The van der Waals surface area contributed by atoms with Crippen LogP contribution in [0.25, 0.3) is 0 Å². The molecule has 0 aliphatic carbocycles. The van der Waals surface area contributed by atoms with Crippen molar-refractivity contribution in [1.29, 1.82) is 0 Å². The Morgan fingerprint density at radius 1 is 1.35 bits per heavy atom. The highest BCUT2D eigenvalue weighted by Gasteiger charge is 2.08. The lowest BCUT2D eigenvalue weighted by atomic mass is 10.1. The van der Waals surface area contributed by atoms with Gasteiger partial charge in [0.25, 0.3) is 0 Å². The summed E-state index contributed by atoms with van der Waals surface area (Å²) in [6.07, 6.45) is 0.572. The van der Waals surface area contributed by atoms with E-state index in [1.54, 1.807) is 13.0 Å². The van der Waals surface area contributed by atoms with Crippen molar-refractivity contribution in [1.82, 2.24) is 5.32 Å². The minimum atomic E-state index is -0.850. The summed E-state index contributed by atoms with van der Waals surface area (Å²) in [5.41, 5.74) is 1.10. The van der Waals surface area contributed by atoms with Crippen molar-refractivity contribution in [2.24, 2.45) is 5.92 Å². The van der Waals surface area contributed by atoms with Crippen molar-refractivity contribution in [3.05, 3.63) is 29.6 Å². The molecule has 3 N–H and O–H groups in total. The Bertz CT molecular complexity index is 471. The number of halogens is 1. The highest BCUT2D eigenvalue weighted by Crippen LogP contribution is 2.13. The van der Waals surface area contributed by atoms with Gasteiger partial charge in [-0.15, -0.1) is 0 Å². The summed E-state index contributed by atoms with van der Waals surface area (Å²) in [6, 6.07) is 3.84. The van der Waals surface area contributed by atoms with Gasteiger partial charge in [0.2, 0.25) is 0 Å². The Hall–Kier alpha value is -2.11. The summed E-state index contributed by atoms with van der Waals surface area (Å²) in [5, 5.41) is 13.7. The van der Waals surface area contributed by atoms with Crippen LogP contribution in [0.2, 0.25) is 0 Å². The van der Waals surface area contributed by atoms with Crippen LogP contribution in [0.4, 0.5) is 14.9 Å². The fraction of sp³-hybridized carbons (Fsp3) is 0.429. The molecule has 110 valence electrons. The van der Waals surface area contributed by atoms with E-state index < -0.39 is 17.8 Å². The molecule has 0 heterocycles. The topological polar surface area (TPSA) is 78.4 Å². The van der Waals surface area contributed by atoms with Gasteiger partial charge < -0.3 is 15.7 Å². The number of carbonyl (C=O) groups is 2. The van der Waals surface area contributed by atoms with Gasteiger partial charge in [0, 0.05) is 18.7 Å². The molecule has 0 bridgehead atoms. The zero-order valence-electron chi connectivity index (χ0n) is 11.6. The third kappa shape index (κ3) is 6.17. The molecule has 1 atom stereocenters. The summed E-state index contributed by atoms with van der Waals surface area (Å²) in [4.78, 5) is 22.0. The van der Waals surface area contributed by atoms with Gasteiger partial charge in [-0.3, -0.25) is 4.79 Å². The first kappa shape index (κ1) is 15.9. The van der Waals surface area contributed by atoms with Crippen molar-refractivity contribution in [3.8, 4) is 0 Å². The van der Waals surface area contributed by atoms with Gasteiger partial charge in [0.05, 0.1) is 0 Å². The number of hydrogen-bond acceptors (Lipinski definition) is 2. The molecule has 0 saturated carbocycles. The van der Waals surface area contributed by atoms with E-state index in [1.165, 1.54) is 12.1 Å². The maximum absolute atomic E-state index is 13.1. The fourth-order valence-electron chi connectivity index (χ4n) is 1.72. The van der Waals surface area contributed by atoms with E-state index in [4.69, 9.17) is 5.11 Å². The Balaban J connectivity index is 2.38. The number of amides is 2. The van der Waals surface area contributed by atoms with Crippen LogP contribution in [0.15, 0.2) is 18.2 Å². The van der Waals surface area contributed by atoms with E-state index in [9.17, 15) is 14.0 Å². The number of aryl methyl sites for hydroxylation is 1. The number of urea groups is 1. The molecule has 1 aromatic rings. The largest absolute Gasteiger partial charge is 0.481 e. The summed E-state index contributed by atoms with van der Waals surface area (Å²) in [7, 11) is 0. The molecular formula is C14H19FN2O3. The van der Waals surface area contributed by atoms with Crippen LogP contribution in [0.1, 0.15) is 25.3 Å². The van der Waals surface area contributed by atoms with Crippen molar-refractivity contribution < 1.29 is 19.1 Å². The maximum atomic E-state index is 13.1. The Kier molecular flexibility index (Phi) is 5.96. The lowest BCUT2D eigenvalue weighted by molar-refractivity contribution is -0.137. The van der Waals surface area contributed by atoms with Crippen LogP contribution in [0, 0.1) is 18.7 Å². The number of anilines is 1. The van der Waals surface area contributed by atoms with E-state index in [1.807, 2.05) is 6.92 Å². The van der Waals surface area contributed by atoms with E-state index in [-0.39, 0.29) is 12.3 Å². The highest BCUT2D eigenvalue weighted by molar-refractivity contribution is 5.89. The zero-order valence-corrected chi connectivity index (χ0v) is 11.6. The molecular weight excluding hydrogens is 263 g/mol. The van der Waals surface area contributed by atoms with E-state index >= 15 is 0 Å². The summed E-state index contributed by atoms with van der Waals surface area (Å²) >= 11 is 0. The lowest BCUT2D eigenvalue weighted by Crippen LogP contribution is -2.32. The number of carboxylic acids is 1. The number of carbonyl (C=O) groups excluding carboxylic acids is 1. The SMILES string of the molecule is Cc1cc(F)cc(NC(=O)NCC(C)CCC(=O)O)c1. The van der Waals surface area contributed by atoms with Crippen molar-refractivity contribution in [3.63, 3.8) is 0 Å². The van der Waals surface area contributed by atoms with Gasteiger partial charge in [-0.1, -0.05) is 6.92 Å². The first-order valence-electron chi connectivity index (χ1n) is 6.40. The summed E-state index contributed by atoms with van der Waals surface area (Å²) in [5.74, 6) is -1.20. The second kappa shape index (κ2) is 7.47. The molecule has 0 aliphatic rings.